The highest BCUT2D eigenvalue weighted by Gasteiger charge is 2.14. The molecule has 1 aromatic heterocycles. The van der Waals surface area contributed by atoms with Crippen LogP contribution in [0.25, 0.3) is 0 Å². The van der Waals surface area contributed by atoms with Crippen molar-refractivity contribution in [2.75, 3.05) is 6.54 Å². The number of hydrogen-bond acceptors (Lipinski definition) is 2. The monoisotopic (exact) mass is 196 g/mol. The quantitative estimate of drug-likeness (QED) is 0.733. The average Bonchev–Trinajstić information content (AvgIpc) is 2.57. The summed E-state index contributed by atoms with van der Waals surface area (Å²) in [6.07, 6.45) is 3.54. The van der Waals surface area contributed by atoms with E-state index < -0.39 is 0 Å². The molecule has 0 amide bonds. The number of pyridine rings is 1. The van der Waals surface area contributed by atoms with Crippen LogP contribution in [0.5, 0.6) is 0 Å². The van der Waals surface area contributed by atoms with Gasteiger partial charge >= 0.3 is 0 Å². The van der Waals surface area contributed by atoms with E-state index in [2.05, 4.69) is 10.3 Å². The predicted octanol–water partition coefficient (Wildman–Crippen LogP) is 2.03. The summed E-state index contributed by atoms with van der Waals surface area (Å²) in [6.45, 7) is 1.14. The molecule has 1 aliphatic heterocycles. The molecule has 1 aliphatic rings. The first-order valence-electron chi connectivity index (χ1n) is 4.69. The number of hydrogen-bond donors (Lipinski definition) is 1. The first-order chi connectivity index (χ1) is 6.34. The summed E-state index contributed by atoms with van der Waals surface area (Å²) >= 11 is 5.80. The van der Waals surface area contributed by atoms with Crippen LogP contribution in [0.15, 0.2) is 18.2 Å². The molecule has 1 saturated heterocycles. The molecular weight excluding hydrogens is 184 g/mol. The number of halogens is 1. The Morgan fingerprint density at radius 2 is 2.46 bits per heavy atom. The number of aromatic nitrogens is 1. The van der Waals surface area contributed by atoms with E-state index in [-0.39, 0.29) is 0 Å². The van der Waals surface area contributed by atoms with Gasteiger partial charge < -0.3 is 5.32 Å². The Hall–Kier alpha value is -0.600. The molecule has 0 saturated carbocycles. The van der Waals surface area contributed by atoms with Crippen molar-refractivity contribution in [3.8, 4) is 0 Å². The fourth-order valence-corrected chi connectivity index (χ4v) is 1.93. The van der Waals surface area contributed by atoms with Gasteiger partial charge in [0.1, 0.15) is 5.15 Å². The molecule has 70 valence electrons. The number of rotatable bonds is 2. The standard InChI is InChI=1S/C10H13ClN2/c11-10-5-1-3-9(13-10)7-8-4-2-6-12-8/h1,3,5,8,12H,2,4,6-7H2. The Balaban J connectivity index is 2.00. The molecule has 13 heavy (non-hydrogen) atoms. The van der Waals surface area contributed by atoms with Gasteiger partial charge in [0.05, 0.1) is 0 Å². The molecule has 2 heterocycles. The van der Waals surface area contributed by atoms with E-state index in [0.29, 0.717) is 11.2 Å². The predicted molar refractivity (Wildman–Crippen MR) is 54.0 cm³/mol. The molecule has 0 bridgehead atoms. The van der Waals surface area contributed by atoms with Gasteiger partial charge in [-0.1, -0.05) is 17.7 Å². The molecule has 1 aromatic rings. The number of nitrogens with zero attached hydrogens (tertiary/aromatic N) is 1. The Kier molecular flexibility index (Phi) is 2.81. The summed E-state index contributed by atoms with van der Waals surface area (Å²) in [4.78, 5) is 4.26. The minimum atomic E-state index is 0.593. The third-order valence-corrected chi connectivity index (χ3v) is 2.60. The highest BCUT2D eigenvalue weighted by atomic mass is 35.5. The van der Waals surface area contributed by atoms with Crippen molar-refractivity contribution in [1.29, 1.82) is 0 Å². The van der Waals surface area contributed by atoms with Crippen LogP contribution in [-0.2, 0) is 6.42 Å². The van der Waals surface area contributed by atoms with Gasteiger partial charge in [0, 0.05) is 18.2 Å². The second-order valence-electron chi connectivity index (χ2n) is 3.45. The van der Waals surface area contributed by atoms with Crippen LogP contribution in [0.2, 0.25) is 5.15 Å². The molecule has 1 N–H and O–H groups in total. The average molecular weight is 197 g/mol. The Morgan fingerprint density at radius 1 is 1.54 bits per heavy atom. The zero-order chi connectivity index (χ0) is 9.10. The lowest BCUT2D eigenvalue weighted by Crippen LogP contribution is -2.23. The molecule has 0 aliphatic carbocycles. The second-order valence-corrected chi connectivity index (χ2v) is 3.84. The van der Waals surface area contributed by atoms with Crippen LogP contribution < -0.4 is 5.32 Å². The lowest BCUT2D eigenvalue weighted by molar-refractivity contribution is 0.595. The fourth-order valence-electron chi connectivity index (χ4n) is 1.75. The van der Waals surface area contributed by atoms with Crippen molar-refractivity contribution in [1.82, 2.24) is 10.3 Å². The molecule has 1 fully saturated rings. The summed E-state index contributed by atoms with van der Waals surface area (Å²) in [5.41, 5.74) is 1.09. The van der Waals surface area contributed by atoms with Crippen LogP contribution in [-0.4, -0.2) is 17.6 Å². The highest BCUT2D eigenvalue weighted by Crippen LogP contribution is 2.12. The van der Waals surface area contributed by atoms with Crippen molar-refractivity contribution in [2.45, 2.75) is 25.3 Å². The lowest BCUT2D eigenvalue weighted by atomic mass is 10.1. The van der Waals surface area contributed by atoms with Gasteiger partial charge in [0.15, 0.2) is 0 Å². The van der Waals surface area contributed by atoms with E-state index in [0.717, 1.165) is 18.7 Å². The third-order valence-electron chi connectivity index (χ3n) is 2.39. The summed E-state index contributed by atoms with van der Waals surface area (Å²) in [6, 6.07) is 6.41. The fraction of sp³-hybridized carbons (Fsp3) is 0.500. The van der Waals surface area contributed by atoms with Crippen molar-refractivity contribution < 1.29 is 0 Å². The maximum absolute atomic E-state index is 5.80. The normalized spacial score (nSPS) is 22.1. The summed E-state index contributed by atoms with van der Waals surface area (Å²) in [5.74, 6) is 0. The molecule has 0 radical (unpaired) electrons. The molecule has 3 heteroatoms. The van der Waals surface area contributed by atoms with Gasteiger partial charge in [-0.25, -0.2) is 4.98 Å². The van der Waals surface area contributed by atoms with Gasteiger partial charge in [-0.3, -0.25) is 0 Å². The largest absolute Gasteiger partial charge is 0.314 e. The summed E-state index contributed by atoms with van der Waals surface area (Å²) < 4.78 is 0. The molecule has 2 nitrogen and oxygen atoms in total. The van der Waals surface area contributed by atoms with E-state index >= 15 is 0 Å². The van der Waals surface area contributed by atoms with Gasteiger partial charge in [-0.05, 0) is 31.5 Å². The van der Waals surface area contributed by atoms with E-state index in [1.807, 2.05) is 18.2 Å². The summed E-state index contributed by atoms with van der Waals surface area (Å²) in [5, 5.41) is 4.03. The summed E-state index contributed by atoms with van der Waals surface area (Å²) in [7, 11) is 0. The second kappa shape index (κ2) is 4.07. The van der Waals surface area contributed by atoms with Crippen LogP contribution in [0.3, 0.4) is 0 Å². The minimum Gasteiger partial charge on any atom is -0.314 e. The first kappa shape index (κ1) is 8.97. The molecule has 1 atom stereocenters. The van der Waals surface area contributed by atoms with Crippen LogP contribution in [0.1, 0.15) is 18.5 Å². The minimum absolute atomic E-state index is 0.593. The van der Waals surface area contributed by atoms with Crippen LogP contribution in [0.4, 0.5) is 0 Å². The molecule has 2 rings (SSSR count). The Bertz CT molecular complexity index is 282. The zero-order valence-electron chi connectivity index (χ0n) is 7.46. The molecular formula is C10H13ClN2. The highest BCUT2D eigenvalue weighted by molar-refractivity contribution is 6.29. The number of nitrogens with one attached hydrogen (secondary N) is 1. The van der Waals surface area contributed by atoms with E-state index in [1.165, 1.54) is 12.8 Å². The van der Waals surface area contributed by atoms with E-state index in [1.54, 1.807) is 0 Å². The third kappa shape index (κ3) is 2.42. The topological polar surface area (TPSA) is 24.9 Å². The van der Waals surface area contributed by atoms with Crippen molar-refractivity contribution in [3.63, 3.8) is 0 Å². The molecule has 1 unspecified atom stereocenters. The maximum atomic E-state index is 5.80. The van der Waals surface area contributed by atoms with Gasteiger partial charge in [-0.2, -0.15) is 0 Å². The molecule has 0 aromatic carbocycles. The SMILES string of the molecule is Clc1cccc(CC2CCCN2)n1. The Morgan fingerprint density at radius 3 is 3.15 bits per heavy atom. The smallest absolute Gasteiger partial charge is 0.129 e. The lowest BCUT2D eigenvalue weighted by Gasteiger charge is -2.08. The van der Waals surface area contributed by atoms with Crippen LogP contribution >= 0.6 is 11.6 Å². The Labute approximate surface area is 83.3 Å². The van der Waals surface area contributed by atoms with Crippen molar-refractivity contribution in [3.05, 3.63) is 29.0 Å². The van der Waals surface area contributed by atoms with E-state index in [4.69, 9.17) is 11.6 Å². The zero-order valence-corrected chi connectivity index (χ0v) is 8.22. The maximum Gasteiger partial charge on any atom is 0.129 e. The van der Waals surface area contributed by atoms with Crippen molar-refractivity contribution in [2.24, 2.45) is 0 Å². The van der Waals surface area contributed by atoms with Crippen molar-refractivity contribution >= 4 is 11.6 Å². The first-order valence-corrected chi connectivity index (χ1v) is 5.07. The van der Waals surface area contributed by atoms with Gasteiger partial charge in [0.2, 0.25) is 0 Å². The van der Waals surface area contributed by atoms with Crippen LogP contribution in [0, 0.1) is 0 Å². The van der Waals surface area contributed by atoms with Gasteiger partial charge in [-0.15, -0.1) is 0 Å². The van der Waals surface area contributed by atoms with Gasteiger partial charge in [0.25, 0.3) is 0 Å². The van der Waals surface area contributed by atoms with E-state index in [9.17, 15) is 0 Å². The molecule has 0 spiro atoms.